The third-order valence-corrected chi connectivity index (χ3v) is 2.74. The van der Waals surface area contributed by atoms with Gasteiger partial charge in [0.05, 0.1) is 0 Å². The first-order valence-electron chi connectivity index (χ1n) is 5.46. The van der Waals surface area contributed by atoms with Crippen LogP contribution in [0, 0.1) is 0 Å². The van der Waals surface area contributed by atoms with Gasteiger partial charge in [0.25, 0.3) is 0 Å². The minimum atomic E-state index is 0.905. The van der Waals surface area contributed by atoms with E-state index < -0.39 is 0 Å². The van der Waals surface area contributed by atoms with Crippen LogP contribution in [-0.2, 0) is 6.42 Å². The van der Waals surface area contributed by atoms with E-state index in [9.17, 15) is 0 Å². The molecule has 0 aromatic carbocycles. The maximum absolute atomic E-state index is 4.39. The van der Waals surface area contributed by atoms with E-state index in [1.54, 1.807) is 0 Å². The van der Waals surface area contributed by atoms with E-state index in [2.05, 4.69) is 21.8 Å². The van der Waals surface area contributed by atoms with E-state index in [1.807, 2.05) is 12.4 Å². The zero-order valence-electron chi connectivity index (χ0n) is 8.74. The Kier molecular flexibility index (Phi) is 2.96. The first-order chi connectivity index (χ1) is 6.90. The highest BCUT2D eigenvalue weighted by atomic mass is 15.2. The minimum Gasteiger partial charge on any atom is -0.341 e. The quantitative estimate of drug-likeness (QED) is 0.716. The first kappa shape index (κ1) is 9.44. The third-order valence-electron chi connectivity index (χ3n) is 2.74. The van der Waals surface area contributed by atoms with Crippen LogP contribution in [-0.4, -0.2) is 23.1 Å². The van der Waals surface area contributed by atoms with Gasteiger partial charge in [0, 0.05) is 25.5 Å². The third kappa shape index (κ3) is 2.03. The van der Waals surface area contributed by atoms with Gasteiger partial charge in [0.2, 0.25) is 5.95 Å². The van der Waals surface area contributed by atoms with Crippen molar-refractivity contribution in [1.29, 1.82) is 0 Å². The van der Waals surface area contributed by atoms with E-state index in [4.69, 9.17) is 0 Å². The Bertz CT molecular complexity index is 275. The minimum absolute atomic E-state index is 0.905. The number of nitrogens with zero attached hydrogens (tertiary/aromatic N) is 3. The highest BCUT2D eigenvalue weighted by Gasteiger charge is 2.12. The van der Waals surface area contributed by atoms with Crippen LogP contribution in [0.3, 0.4) is 0 Å². The van der Waals surface area contributed by atoms with Crippen molar-refractivity contribution in [3.05, 3.63) is 18.0 Å². The zero-order valence-corrected chi connectivity index (χ0v) is 8.74. The van der Waals surface area contributed by atoms with Crippen molar-refractivity contribution in [1.82, 2.24) is 9.97 Å². The molecule has 1 aromatic rings. The van der Waals surface area contributed by atoms with Gasteiger partial charge < -0.3 is 4.90 Å². The lowest BCUT2D eigenvalue weighted by Crippen LogP contribution is -2.30. The SMILES string of the molecule is CCc1cnc(N2CCCCC2)nc1. The fourth-order valence-electron chi connectivity index (χ4n) is 1.79. The van der Waals surface area contributed by atoms with E-state index in [0.29, 0.717) is 0 Å². The number of rotatable bonds is 2. The monoisotopic (exact) mass is 191 g/mol. The molecular weight excluding hydrogens is 174 g/mol. The summed E-state index contributed by atoms with van der Waals surface area (Å²) < 4.78 is 0. The van der Waals surface area contributed by atoms with E-state index in [-0.39, 0.29) is 0 Å². The molecule has 0 radical (unpaired) electrons. The molecule has 0 saturated carbocycles. The van der Waals surface area contributed by atoms with Crippen molar-refractivity contribution in [2.75, 3.05) is 18.0 Å². The Morgan fingerprint density at radius 3 is 2.36 bits per heavy atom. The van der Waals surface area contributed by atoms with E-state index in [0.717, 1.165) is 25.5 Å². The summed E-state index contributed by atoms with van der Waals surface area (Å²) in [4.78, 5) is 11.1. The van der Waals surface area contributed by atoms with Gasteiger partial charge in [0.15, 0.2) is 0 Å². The summed E-state index contributed by atoms with van der Waals surface area (Å²) in [6.07, 6.45) is 8.80. The average molecular weight is 191 g/mol. The van der Waals surface area contributed by atoms with Gasteiger partial charge in [0.1, 0.15) is 0 Å². The molecule has 3 heteroatoms. The smallest absolute Gasteiger partial charge is 0.225 e. The molecule has 2 rings (SSSR count). The fourth-order valence-corrected chi connectivity index (χ4v) is 1.79. The second kappa shape index (κ2) is 4.40. The number of piperidine rings is 1. The number of hydrogen-bond donors (Lipinski definition) is 0. The highest BCUT2D eigenvalue weighted by molar-refractivity contribution is 5.30. The first-order valence-corrected chi connectivity index (χ1v) is 5.46. The second-order valence-corrected chi connectivity index (χ2v) is 3.79. The molecule has 1 fully saturated rings. The van der Waals surface area contributed by atoms with Crippen LogP contribution < -0.4 is 4.90 Å². The van der Waals surface area contributed by atoms with Crippen LogP contribution in [0.1, 0.15) is 31.7 Å². The Morgan fingerprint density at radius 1 is 1.14 bits per heavy atom. The number of aromatic nitrogens is 2. The van der Waals surface area contributed by atoms with Gasteiger partial charge in [-0.3, -0.25) is 0 Å². The van der Waals surface area contributed by atoms with Crippen LogP contribution in [0.15, 0.2) is 12.4 Å². The molecule has 1 aliphatic heterocycles. The molecule has 0 bridgehead atoms. The standard InChI is InChI=1S/C11H17N3/c1-2-10-8-12-11(13-9-10)14-6-4-3-5-7-14/h8-9H,2-7H2,1H3. The zero-order chi connectivity index (χ0) is 9.80. The van der Waals surface area contributed by atoms with Crippen LogP contribution >= 0.6 is 0 Å². The Morgan fingerprint density at radius 2 is 1.79 bits per heavy atom. The molecule has 0 aliphatic carbocycles. The van der Waals surface area contributed by atoms with E-state index >= 15 is 0 Å². The highest BCUT2D eigenvalue weighted by Crippen LogP contribution is 2.14. The number of anilines is 1. The van der Waals surface area contributed by atoms with Crippen molar-refractivity contribution in [2.45, 2.75) is 32.6 Å². The summed E-state index contributed by atoms with van der Waals surface area (Å²) in [6.45, 7) is 4.36. The molecule has 1 saturated heterocycles. The normalized spacial score (nSPS) is 17.1. The van der Waals surface area contributed by atoms with Crippen LogP contribution in [0.4, 0.5) is 5.95 Å². The van der Waals surface area contributed by atoms with Crippen LogP contribution in [0.25, 0.3) is 0 Å². The van der Waals surface area contributed by atoms with Gasteiger partial charge in [-0.15, -0.1) is 0 Å². The molecule has 0 spiro atoms. The predicted octanol–water partition coefficient (Wildman–Crippen LogP) is 2.03. The lowest BCUT2D eigenvalue weighted by Gasteiger charge is -2.26. The molecule has 1 aromatic heterocycles. The summed E-state index contributed by atoms with van der Waals surface area (Å²) in [5, 5.41) is 0. The van der Waals surface area contributed by atoms with Crippen molar-refractivity contribution in [2.24, 2.45) is 0 Å². The van der Waals surface area contributed by atoms with Crippen LogP contribution in [0.2, 0.25) is 0 Å². The van der Waals surface area contributed by atoms with Gasteiger partial charge >= 0.3 is 0 Å². The Labute approximate surface area is 85.2 Å². The molecule has 1 aliphatic rings. The lowest BCUT2D eigenvalue weighted by atomic mass is 10.1. The summed E-state index contributed by atoms with van der Waals surface area (Å²) in [6, 6.07) is 0. The van der Waals surface area contributed by atoms with Crippen LogP contribution in [0.5, 0.6) is 0 Å². The molecule has 76 valence electrons. The molecule has 0 unspecified atom stereocenters. The molecule has 0 amide bonds. The van der Waals surface area contributed by atoms with E-state index in [1.165, 1.54) is 24.8 Å². The topological polar surface area (TPSA) is 29.0 Å². The lowest BCUT2D eigenvalue weighted by molar-refractivity contribution is 0.568. The molecule has 0 atom stereocenters. The van der Waals surface area contributed by atoms with Crippen molar-refractivity contribution < 1.29 is 0 Å². The Balaban J connectivity index is 2.07. The molecule has 0 N–H and O–H groups in total. The van der Waals surface area contributed by atoms with Gasteiger partial charge in [-0.25, -0.2) is 9.97 Å². The number of aryl methyl sites for hydroxylation is 1. The molecule has 2 heterocycles. The average Bonchev–Trinajstić information content (AvgIpc) is 2.30. The summed E-state index contributed by atoms with van der Waals surface area (Å²) in [5.41, 5.74) is 1.21. The maximum atomic E-state index is 4.39. The predicted molar refractivity (Wildman–Crippen MR) is 57.5 cm³/mol. The molecular formula is C11H17N3. The largest absolute Gasteiger partial charge is 0.341 e. The maximum Gasteiger partial charge on any atom is 0.225 e. The summed E-state index contributed by atoms with van der Waals surface area (Å²) >= 11 is 0. The molecule has 14 heavy (non-hydrogen) atoms. The molecule has 3 nitrogen and oxygen atoms in total. The summed E-state index contributed by atoms with van der Waals surface area (Å²) in [5.74, 6) is 0.905. The Hall–Kier alpha value is -1.12. The van der Waals surface area contributed by atoms with Gasteiger partial charge in [-0.05, 0) is 31.2 Å². The fraction of sp³-hybridized carbons (Fsp3) is 0.636. The van der Waals surface area contributed by atoms with Crippen molar-refractivity contribution in [3.63, 3.8) is 0 Å². The van der Waals surface area contributed by atoms with Gasteiger partial charge in [-0.1, -0.05) is 6.92 Å². The number of hydrogen-bond acceptors (Lipinski definition) is 3. The van der Waals surface area contributed by atoms with Gasteiger partial charge in [-0.2, -0.15) is 0 Å². The van der Waals surface area contributed by atoms with Crippen molar-refractivity contribution >= 4 is 5.95 Å². The van der Waals surface area contributed by atoms with Crippen molar-refractivity contribution in [3.8, 4) is 0 Å². The second-order valence-electron chi connectivity index (χ2n) is 3.79. The summed E-state index contributed by atoms with van der Waals surface area (Å²) in [7, 11) is 0.